The van der Waals surface area contributed by atoms with Gasteiger partial charge < -0.3 is 16.2 Å². The lowest BCUT2D eigenvalue weighted by Crippen LogP contribution is -2.32. The number of pyridine rings is 1. The summed E-state index contributed by atoms with van der Waals surface area (Å²) in [4.78, 5) is 4.42. The fourth-order valence-electron chi connectivity index (χ4n) is 3.59. The van der Waals surface area contributed by atoms with Crippen LogP contribution < -0.4 is 11.1 Å². The van der Waals surface area contributed by atoms with Crippen molar-refractivity contribution in [2.45, 2.75) is 37.8 Å². The molecule has 6 heteroatoms. The van der Waals surface area contributed by atoms with E-state index in [0.29, 0.717) is 12.1 Å². The summed E-state index contributed by atoms with van der Waals surface area (Å²) in [5.74, 6) is -0.101. The standard InChI is InChI=1S/C21H20Cl2N3O/c22-17-10-13(11-18(23)21(17)27)12-1-6-19-16(9-12)20(7-8-25-19)26-15-4-2-14(24)3-5-15/h1,6,8-11,14-15,27H,2-5,24H2,(H,25,26). The van der Waals surface area contributed by atoms with E-state index in [1.807, 2.05) is 12.1 Å². The number of aromatic nitrogens is 1. The number of rotatable bonds is 3. The summed E-state index contributed by atoms with van der Waals surface area (Å²) in [7, 11) is 0. The van der Waals surface area contributed by atoms with Crippen LogP contribution in [0.1, 0.15) is 25.7 Å². The summed E-state index contributed by atoms with van der Waals surface area (Å²) in [5.41, 5.74) is 9.63. The Morgan fingerprint density at radius 3 is 2.44 bits per heavy atom. The van der Waals surface area contributed by atoms with Crippen LogP contribution in [0.3, 0.4) is 0 Å². The zero-order valence-corrected chi connectivity index (χ0v) is 16.2. The summed E-state index contributed by atoms with van der Waals surface area (Å²) in [6, 6.07) is 13.4. The molecule has 0 aliphatic heterocycles. The van der Waals surface area contributed by atoms with Gasteiger partial charge in [-0.05, 0) is 61.1 Å². The van der Waals surface area contributed by atoms with E-state index in [1.165, 1.54) is 0 Å². The Morgan fingerprint density at radius 1 is 1.04 bits per heavy atom. The first-order valence-corrected chi connectivity index (χ1v) is 9.78. The van der Waals surface area contributed by atoms with E-state index in [1.54, 1.807) is 18.3 Å². The molecule has 1 aliphatic carbocycles. The van der Waals surface area contributed by atoms with E-state index in [2.05, 4.69) is 22.4 Å². The van der Waals surface area contributed by atoms with E-state index in [0.717, 1.165) is 53.4 Å². The second-order valence-corrected chi connectivity index (χ2v) is 7.87. The van der Waals surface area contributed by atoms with Gasteiger partial charge in [-0.25, -0.2) is 0 Å². The SMILES string of the molecule is NC1CCC(Nc2[c]cnc3ccc(-c4cc(Cl)c(O)c(Cl)c4)cc23)CC1. The molecule has 2 aromatic carbocycles. The van der Waals surface area contributed by atoms with Gasteiger partial charge in [0, 0.05) is 29.7 Å². The minimum atomic E-state index is -0.101. The minimum Gasteiger partial charge on any atom is -0.505 e. The van der Waals surface area contributed by atoms with Crippen molar-refractivity contribution in [3.63, 3.8) is 0 Å². The van der Waals surface area contributed by atoms with Gasteiger partial charge in [-0.1, -0.05) is 29.3 Å². The highest BCUT2D eigenvalue weighted by Crippen LogP contribution is 2.37. The van der Waals surface area contributed by atoms with Gasteiger partial charge in [-0.15, -0.1) is 0 Å². The Morgan fingerprint density at radius 2 is 1.74 bits per heavy atom. The second-order valence-electron chi connectivity index (χ2n) is 7.05. The third-order valence-electron chi connectivity index (χ3n) is 5.15. The van der Waals surface area contributed by atoms with Crippen molar-refractivity contribution in [2.24, 2.45) is 5.73 Å². The molecular weight excluding hydrogens is 381 g/mol. The van der Waals surface area contributed by atoms with Crippen molar-refractivity contribution in [1.82, 2.24) is 4.98 Å². The molecule has 0 atom stereocenters. The quantitative estimate of drug-likeness (QED) is 0.550. The van der Waals surface area contributed by atoms with Crippen LogP contribution in [0.4, 0.5) is 5.69 Å². The smallest absolute Gasteiger partial charge is 0.152 e. The number of benzene rings is 2. The highest BCUT2D eigenvalue weighted by molar-refractivity contribution is 6.37. The Kier molecular flexibility index (Phi) is 5.13. The minimum absolute atomic E-state index is 0.101. The number of hydrogen-bond donors (Lipinski definition) is 3. The van der Waals surface area contributed by atoms with Gasteiger partial charge in [-0.2, -0.15) is 0 Å². The van der Waals surface area contributed by atoms with Crippen LogP contribution in [0, 0.1) is 6.07 Å². The lowest BCUT2D eigenvalue weighted by molar-refractivity contribution is 0.411. The molecule has 1 aromatic heterocycles. The van der Waals surface area contributed by atoms with Gasteiger partial charge in [0.25, 0.3) is 0 Å². The Bertz CT molecular complexity index is 961. The van der Waals surface area contributed by atoms with Gasteiger partial charge in [0.2, 0.25) is 0 Å². The molecule has 27 heavy (non-hydrogen) atoms. The summed E-state index contributed by atoms with van der Waals surface area (Å²) in [5, 5.41) is 14.9. The van der Waals surface area contributed by atoms with Crippen LogP contribution in [0.5, 0.6) is 5.75 Å². The van der Waals surface area contributed by atoms with Crippen molar-refractivity contribution in [2.75, 3.05) is 5.32 Å². The lowest BCUT2D eigenvalue weighted by atomic mass is 9.91. The molecule has 0 saturated heterocycles. The van der Waals surface area contributed by atoms with Crippen molar-refractivity contribution >= 4 is 39.8 Å². The highest BCUT2D eigenvalue weighted by atomic mass is 35.5. The fourth-order valence-corrected chi connectivity index (χ4v) is 4.08. The van der Waals surface area contributed by atoms with Crippen molar-refractivity contribution < 1.29 is 5.11 Å². The van der Waals surface area contributed by atoms with Crippen LogP contribution >= 0.6 is 23.2 Å². The number of nitrogens with two attached hydrogens (primary N) is 1. The maximum Gasteiger partial charge on any atom is 0.152 e. The largest absolute Gasteiger partial charge is 0.505 e. The number of nitrogens with one attached hydrogen (secondary N) is 1. The predicted molar refractivity (Wildman–Crippen MR) is 112 cm³/mol. The average Bonchev–Trinajstić information content (AvgIpc) is 2.67. The number of fused-ring (bicyclic) bond motifs is 1. The Balaban J connectivity index is 1.71. The Labute approximate surface area is 168 Å². The Hall–Kier alpha value is -2.01. The number of phenolic OH excluding ortho intramolecular Hbond substituents is 1. The van der Waals surface area contributed by atoms with Crippen LogP contribution in [0.2, 0.25) is 10.0 Å². The topological polar surface area (TPSA) is 71.2 Å². The maximum atomic E-state index is 9.80. The normalized spacial score (nSPS) is 20.0. The summed E-state index contributed by atoms with van der Waals surface area (Å²) < 4.78 is 0. The molecular formula is C21H20Cl2N3O. The summed E-state index contributed by atoms with van der Waals surface area (Å²) >= 11 is 12.2. The molecule has 1 saturated carbocycles. The van der Waals surface area contributed by atoms with Gasteiger partial charge >= 0.3 is 0 Å². The number of phenols is 1. The van der Waals surface area contributed by atoms with Crippen molar-refractivity contribution in [3.05, 3.63) is 52.6 Å². The summed E-state index contributed by atoms with van der Waals surface area (Å²) in [6.07, 6.45) is 5.89. The molecule has 0 spiro atoms. The second kappa shape index (κ2) is 7.55. The first kappa shape index (κ1) is 18.4. The molecule has 0 amide bonds. The van der Waals surface area contributed by atoms with E-state index in [-0.39, 0.29) is 15.8 Å². The van der Waals surface area contributed by atoms with E-state index in [4.69, 9.17) is 28.9 Å². The molecule has 139 valence electrons. The summed E-state index contributed by atoms with van der Waals surface area (Å²) in [6.45, 7) is 0. The number of aromatic hydroxyl groups is 1. The zero-order valence-electron chi connectivity index (χ0n) is 14.7. The first-order valence-electron chi connectivity index (χ1n) is 9.02. The molecule has 0 unspecified atom stereocenters. The van der Waals surface area contributed by atoms with E-state index in [9.17, 15) is 5.11 Å². The monoisotopic (exact) mass is 400 g/mol. The number of nitrogens with zero attached hydrogens (tertiary/aromatic N) is 1. The van der Waals surface area contributed by atoms with Gasteiger partial charge in [-0.3, -0.25) is 4.98 Å². The van der Waals surface area contributed by atoms with Gasteiger partial charge in [0.15, 0.2) is 5.75 Å². The molecule has 4 rings (SSSR count). The molecule has 3 aromatic rings. The highest BCUT2D eigenvalue weighted by Gasteiger charge is 2.19. The van der Waals surface area contributed by atoms with E-state index >= 15 is 0 Å². The first-order chi connectivity index (χ1) is 13.0. The molecule has 1 fully saturated rings. The van der Waals surface area contributed by atoms with Crippen LogP contribution in [-0.4, -0.2) is 22.2 Å². The predicted octanol–water partition coefficient (Wildman–Crippen LogP) is 5.40. The lowest BCUT2D eigenvalue weighted by Gasteiger charge is -2.28. The van der Waals surface area contributed by atoms with E-state index < -0.39 is 0 Å². The van der Waals surface area contributed by atoms with Crippen LogP contribution in [0.25, 0.3) is 22.0 Å². The molecule has 1 radical (unpaired) electrons. The van der Waals surface area contributed by atoms with Gasteiger partial charge in [0.05, 0.1) is 21.2 Å². The maximum absolute atomic E-state index is 9.80. The average molecular weight is 401 g/mol. The third-order valence-corrected chi connectivity index (χ3v) is 5.73. The van der Waals surface area contributed by atoms with Gasteiger partial charge in [0.1, 0.15) is 0 Å². The van der Waals surface area contributed by atoms with Crippen LogP contribution in [-0.2, 0) is 0 Å². The van der Waals surface area contributed by atoms with Crippen molar-refractivity contribution in [3.8, 4) is 16.9 Å². The molecule has 4 nitrogen and oxygen atoms in total. The molecule has 0 bridgehead atoms. The van der Waals surface area contributed by atoms with Crippen molar-refractivity contribution in [1.29, 1.82) is 0 Å². The third kappa shape index (κ3) is 3.84. The molecule has 1 heterocycles. The number of hydrogen-bond acceptors (Lipinski definition) is 4. The zero-order chi connectivity index (χ0) is 19.0. The number of anilines is 1. The van der Waals surface area contributed by atoms with Crippen LogP contribution in [0.15, 0.2) is 36.5 Å². The fraction of sp³-hybridized carbons (Fsp3) is 0.286. The molecule has 1 aliphatic rings. The number of halogens is 2. The molecule has 4 N–H and O–H groups in total.